The van der Waals surface area contributed by atoms with Gasteiger partial charge in [-0.2, -0.15) is 0 Å². The van der Waals surface area contributed by atoms with E-state index in [1.165, 1.54) is 37.7 Å². The molecule has 0 saturated heterocycles. The van der Waals surface area contributed by atoms with E-state index < -0.39 is 0 Å². The minimum Gasteiger partial charge on any atom is -0.497 e. The van der Waals surface area contributed by atoms with E-state index in [4.69, 9.17) is 9.47 Å². The Balaban J connectivity index is 2.17. The lowest BCUT2D eigenvalue weighted by atomic mass is 10.0. The van der Waals surface area contributed by atoms with Crippen LogP contribution < -0.4 is 14.8 Å². The largest absolute Gasteiger partial charge is 0.497 e. The molecule has 3 nitrogen and oxygen atoms in total. The number of unbranched alkanes of at least 4 members (excludes halogenated alkanes) is 3. The molecule has 0 radical (unpaired) electrons. The van der Waals surface area contributed by atoms with E-state index in [-0.39, 0.29) is 0 Å². The number of nitrogens with one attached hydrogen (secondary N) is 1. The van der Waals surface area contributed by atoms with E-state index in [2.05, 4.69) is 31.3 Å². The second-order valence-electron chi connectivity index (χ2n) is 5.99. The number of methoxy groups -OCH3 is 2. The summed E-state index contributed by atoms with van der Waals surface area (Å²) >= 11 is 0. The Hall–Kier alpha value is -1.22. The third kappa shape index (κ3) is 7.96. The van der Waals surface area contributed by atoms with Crippen LogP contribution in [0.15, 0.2) is 18.2 Å². The van der Waals surface area contributed by atoms with Crippen LogP contribution in [-0.4, -0.2) is 20.8 Å². The molecule has 0 heterocycles. The van der Waals surface area contributed by atoms with Crippen molar-refractivity contribution in [2.45, 2.75) is 52.5 Å². The lowest BCUT2D eigenvalue weighted by Crippen LogP contribution is -2.14. The summed E-state index contributed by atoms with van der Waals surface area (Å²) in [6.07, 6.45) is 6.65. The molecule has 120 valence electrons. The first-order valence-electron chi connectivity index (χ1n) is 8.08. The summed E-state index contributed by atoms with van der Waals surface area (Å²) in [4.78, 5) is 0. The molecule has 0 aromatic heterocycles. The predicted octanol–water partition coefficient (Wildman–Crippen LogP) is 4.40. The first kappa shape index (κ1) is 17.8. The van der Waals surface area contributed by atoms with Crippen LogP contribution in [0.5, 0.6) is 11.5 Å². The van der Waals surface area contributed by atoms with Gasteiger partial charge in [0, 0.05) is 12.6 Å². The van der Waals surface area contributed by atoms with Crippen molar-refractivity contribution in [1.29, 1.82) is 0 Å². The first-order chi connectivity index (χ1) is 10.2. The monoisotopic (exact) mass is 293 g/mol. The number of ether oxygens (including phenoxy) is 2. The van der Waals surface area contributed by atoms with Gasteiger partial charge in [-0.1, -0.05) is 39.5 Å². The molecule has 0 bridgehead atoms. The highest BCUT2D eigenvalue weighted by Crippen LogP contribution is 2.22. The summed E-state index contributed by atoms with van der Waals surface area (Å²) in [5.41, 5.74) is 1.20. The van der Waals surface area contributed by atoms with Crippen molar-refractivity contribution in [1.82, 2.24) is 5.32 Å². The summed E-state index contributed by atoms with van der Waals surface area (Å²) in [6, 6.07) is 6.01. The van der Waals surface area contributed by atoms with Gasteiger partial charge in [0.05, 0.1) is 14.2 Å². The SMILES string of the molecule is COc1cc(CNCCCCCCC(C)C)cc(OC)c1. The average molecular weight is 293 g/mol. The molecule has 0 spiro atoms. The zero-order valence-corrected chi connectivity index (χ0v) is 14.1. The average Bonchev–Trinajstić information content (AvgIpc) is 2.49. The molecule has 1 rings (SSSR count). The molecule has 3 heteroatoms. The number of hydrogen-bond acceptors (Lipinski definition) is 3. The van der Waals surface area contributed by atoms with Crippen molar-refractivity contribution in [2.75, 3.05) is 20.8 Å². The molecule has 1 aromatic carbocycles. The molecular formula is C18H31NO2. The fourth-order valence-electron chi connectivity index (χ4n) is 2.36. The summed E-state index contributed by atoms with van der Waals surface area (Å²) in [5.74, 6) is 2.53. The second-order valence-corrected chi connectivity index (χ2v) is 5.99. The van der Waals surface area contributed by atoms with Crippen molar-refractivity contribution >= 4 is 0 Å². The Bertz CT molecular complexity index is 369. The van der Waals surface area contributed by atoms with Crippen LogP contribution in [0.3, 0.4) is 0 Å². The van der Waals surface area contributed by atoms with Crippen molar-refractivity contribution in [3.05, 3.63) is 23.8 Å². The van der Waals surface area contributed by atoms with Crippen LogP contribution in [0.25, 0.3) is 0 Å². The van der Waals surface area contributed by atoms with Gasteiger partial charge in [0.1, 0.15) is 11.5 Å². The van der Waals surface area contributed by atoms with Crippen LogP contribution in [0, 0.1) is 5.92 Å². The van der Waals surface area contributed by atoms with E-state index in [1.807, 2.05) is 6.07 Å². The van der Waals surface area contributed by atoms with Crippen LogP contribution in [0.4, 0.5) is 0 Å². The predicted molar refractivity (Wildman–Crippen MR) is 89.2 cm³/mol. The second kappa shape index (κ2) is 10.5. The van der Waals surface area contributed by atoms with Gasteiger partial charge in [-0.15, -0.1) is 0 Å². The summed E-state index contributed by atoms with van der Waals surface area (Å²) in [7, 11) is 3.37. The highest BCUT2D eigenvalue weighted by atomic mass is 16.5. The van der Waals surface area contributed by atoms with E-state index >= 15 is 0 Å². The van der Waals surface area contributed by atoms with E-state index in [0.29, 0.717) is 0 Å². The summed E-state index contributed by atoms with van der Waals surface area (Å²) in [5, 5.41) is 3.49. The van der Waals surface area contributed by atoms with E-state index in [0.717, 1.165) is 30.5 Å². The lowest BCUT2D eigenvalue weighted by molar-refractivity contribution is 0.393. The van der Waals surface area contributed by atoms with Crippen molar-refractivity contribution in [3.63, 3.8) is 0 Å². The Morgan fingerprint density at radius 2 is 1.52 bits per heavy atom. The number of benzene rings is 1. The maximum absolute atomic E-state index is 5.28. The van der Waals surface area contributed by atoms with Crippen molar-refractivity contribution in [2.24, 2.45) is 5.92 Å². The van der Waals surface area contributed by atoms with Crippen LogP contribution in [0.2, 0.25) is 0 Å². The van der Waals surface area contributed by atoms with Crippen molar-refractivity contribution < 1.29 is 9.47 Å². The third-order valence-electron chi connectivity index (χ3n) is 3.63. The third-order valence-corrected chi connectivity index (χ3v) is 3.63. The zero-order valence-electron chi connectivity index (χ0n) is 14.1. The smallest absolute Gasteiger partial charge is 0.122 e. The van der Waals surface area contributed by atoms with E-state index in [1.54, 1.807) is 14.2 Å². The highest BCUT2D eigenvalue weighted by molar-refractivity contribution is 5.38. The number of rotatable bonds is 11. The van der Waals surface area contributed by atoms with Gasteiger partial charge in [-0.3, -0.25) is 0 Å². The van der Waals surface area contributed by atoms with Crippen molar-refractivity contribution in [3.8, 4) is 11.5 Å². The quantitative estimate of drug-likeness (QED) is 0.613. The fourth-order valence-corrected chi connectivity index (χ4v) is 2.36. The Kier molecular flexibility index (Phi) is 8.91. The van der Waals surface area contributed by atoms with E-state index in [9.17, 15) is 0 Å². The van der Waals surface area contributed by atoms with Gasteiger partial charge in [-0.05, 0) is 36.6 Å². The standard InChI is InChI=1S/C18H31NO2/c1-15(2)9-7-5-6-8-10-19-14-16-11-17(20-3)13-18(12-16)21-4/h11-13,15,19H,5-10,14H2,1-4H3. The minimum absolute atomic E-state index is 0.839. The minimum atomic E-state index is 0.839. The highest BCUT2D eigenvalue weighted by Gasteiger charge is 2.01. The Labute approximate surface area is 130 Å². The molecule has 1 N–H and O–H groups in total. The fraction of sp³-hybridized carbons (Fsp3) is 0.667. The number of hydrogen-bond donors (Lipinski definition) is 1. The molecule has 0 amide bonds. The maximum atomic E-state index is 5.28. The summed E-state index contributed by atoms with van der Waals surface area (Å²) in [6.45, 7) is 6.52. The van der Waals surface area contributed by atoms with Gasteiger partial charge < -0.3 is 14.8 Å². The molecule has 0 fully saturated rings. The van der Waals surface area contributed by atoms with Crippen LogP contribution in [-0.2, 0) is 6.54 Å². The molecule has 0 aliphatic rings. The topological polar surface area (TPSA) is 30.5 Å². The lowest BCUT2D eigenvalue weighted by Gasteiger charge is -2.09. The van der Waals surface area contributed by atoms with Crippen LogP contribution in [0.1, 0.15) is 51.5 Å². The maximum Gasteiger partial charge on any atom is 0.122 e. The molecule has 0 atom stereocenters. The van der Waals surface area contributed by atoms with Gasteiger partial charge in [0.25, 0.3) is 0 Å². The summed E-state index contributed by atoms with van der Waals surface area (Å²) < 4.78 is 10.6. The molecule has 0 aliphatic heterocycles. The molecule has 21 heavy (non-hydrogen) atoms. The first-order valence-corrected chi connectivity index (χ1v) is 8.08. The molecule has 0 unspecified atom stereocenters. The normalized spacial score (nSPS) is 10.9. The Morgan fingerprint density at radius 3 is 2.10 bits per heavy atom. The Morgan fingerprint density at radius 1 is 0.905 bits per heavy atom. The molecule has 1 aromatic rings. The van der Waals surface area contributed by atoms with Gasteiger partial charge in [0.15, 0.2) is 0 Å². The molecule has 0 saturated carbocycles. The zero-order chi connectivity index (χ0) is 15.5. The van der Waals surface area contributed by atoms with Gasteiger partial charge >= 0.3 is 0 Å². The van der Waals surface area contributed by atoms with Crippen LogP contribution >= 0.6 is 0 Å². The van der Waals surface area contributed by atoms with Gasteiger partial charge in [-0.25, -0.2) is 0 Å². The molecular weight excluding hydrogens is 262 g/mol. The molecule has 0 aliphatic carbocycles. The van der Waals surface area contributed by atoms with Gasteiger partial charge in [0.2, 0.25) is 0 Å².